The first kappa shape index (κ1) is 19.9. The molecule has 1 saturated carbocycles. The van der Waals surface area contributed by atoms with E-state index in [1.807, 2.05) is 27.7 Å². The molecular formula is C18H33NO4. The zero-order valence-electron chi connectivity index (χ0n) is 15.5. The SMILES string of the molecule is COC(=O)[C@@H](N[C@H](C1CCCCC1)C(C)(C)C(=O)OC)C(C)C. The quantitative estimate of drug-likeness (QED) is 0.728. The number of hydrogen-bond donors (Lipinski definition) is 1. The Morgan fingerprint density at radius 2 is 1.61 bits per heavy atom. The third kappa shape index (κ3) is 4.93. The van der Waals surface area contributed by atoms with Crippen molar-refractivity contribution in [1.82, 2.24) is 5.32 Å². The second-order valence-corrected chi connectivity index (χ2v) is 7.50. The van der Waals surface area contributed by atoms with Crippen LogP contribution in [0.5, 0.6) is 0 Å². The number of nitrogens with one attached hydrogen (secondary N) is 1. The number of esters is 2. The molecule has 1 fully saturated rings. The van der Waals surface area contributed by atoms with E-state index < -0.39 is 11.5 Å². The molecule has 0 unspecified atom stereocenters. The van der Waals surface area contributed by atoms with Crippen molar-refractivity contribution in [2.75, 3.05) is 14.2 Å². The molecule has 134 valence electrons. The van der Waals surface area contributed by atoms with E-state index >= 15 is 0 Å². The molecule has 0 aliphatic heterocycles. The Bertz CT molecular complexity index is 400. The van der Waals surface area contributed by atoms with Gasteiger partial charge in [-0.25, -0.2) is 0 Å². The number of methoxy groups -OCH3 is 2. The summed E-state index contributed by atoms with van der Waals surface area (Å²) >= 11 is 0. The Labute approximate surface area is 140 Å². The van der Waals surface area contributed by atoms with Gasteiger partial charge in [-0.05, 0) is 38.5 Å². The van der Waals surface area contributed by atoms with Gasteiger partial charge < -0.3 is 9.47 Å². The summed E-state index contributed by atoms with van der Waals surface area (Å²) in [5.41, 5.74) is -0.697. The molecule has 1 rings (SSSR count). The van der Waals surface area contributed by atoms with E-state index in [4.69, 9.17) is 9.47 Å². The predicted molar refractivity (Wildman–Crippen MR) is 89.9 cm³/mol. The second kappa shape index (κ2) is 8.67. The third-order valence-corrected chi connectivity index (χ3v) is 5.09. The predicted octanol–water partition coefficient (Wildman–Crippen LogP) is 2.92. The summed E-state index contributed by atoms with van der Waals surface area (Å²) < 4.78 is 9.96. The Morgan fingerprint density at radius 3 is 2.04 bits per heavy atom. The van der Waals surface area contributed by atoms with E-state index in [1.165, 1.54) is 33.5 Å². The van der Waals surface area contributed by atoms with Gasteiger partial charge in [0.25, 0.3) is 0 Å². The Hall–Kier alpha value is -1.10. The normalized spacial score (nSPS) is 19.3. The molecule has 1 N–H and O–H groups in total. The standard InChI is InChI=1S/C18H33NO4/c1-12(2)14(16(20)22-5)19-15(13-10-8-7-9-11-13)18(3,4)17(21)23-6/h12-15,19H,7-11H2,1-6H3/t14-,15+/m0/s1. The molecule has 5 heteroatoms. The van der Waals surface area contributed by atoms with E-state index in [0.717, 1.165) is 12.8 Å². The molecular weight excluding hydrogens is 294 g/mol. The average Bonchev–Trinajstić information content (AvgIpc) is 2.54. The van der Waals surface area contributed by atoms with Crippen LogP contribution in [0.2, 0.25) is 0 Å². The topological polar surface area (TPSA) is 64.6 Å². The lowest BCUT2D eigenvalue weighted by Gasteiger charge is -2.42. The third-order valence-electron chi connectivity index (χ3n) is 5.09. The lowest BCUT2D eigenvalue weighted by Crippen LogP contribution is -2.58. The maximum Gasteiger partial charge on any atom is 0.323 e. The van der Waals surface area contributed by atoms with Crippen LogP contribution < -0.4 is 5.32 Å². The number of carbonyl (C=O) groups excluding carboxylic acids is 2. The molecule has 23 heavy (non-hydrogen) atoms. The second-order valence-electron chi connectivity index (χ2n) is 7.50. The van der Waals surface area contributed by atoms with Crippen molar-refractivity contribution in [3.63, 3.8) is 0 Å². The Kier molecular flexibility index (Phi) is 7.52. The lowest BCUT2D eigenvalue weighted by molar-refractivity contribution is -0.155. The minimum atomic E-state index is -0.697. The monoisotopic (exact) mass is 327 g/mol. The van der Waals surface area contributed by atoms with Crippen molar-refractivity contribution >= 4 is 11.9 Å². The van der Waals surface area contributed by atoms with Gasteiger partial charge in [0, 0.05) is 6.04 Å². The molecule has 5 nitrogen and oxygen atoms in total. The molecule has 0 aromatic heterocycles. The first-order valence-electron chi connectivity index (χ1n) is 8.68. The van der Waals surface area contributed by atoms with E-state index in [0.29, 0.717) is 5.92 Å². The van der Waals surface area contributed by atoms with Gasteiger partial charge in [0.1, 0.15) is 6.04 Å². The van der Waals surface area contributed by atoms with Crippen LogP contribution in [0.15, 0.2) is 0 Å². The van der Waals surface area contributed by atoms with Crippen LogP contribution in [-0.2, 0) is 19.1 Å². The molecule has 0 amide bonds. The summed E-state index contributed by atoms with van der Waals surface area (Å²) in [4.78, 5) is 24.5. The molecule has 1 aliphatic rings. The van der Waals surface area contributed by atoms with Gasteiger partial charge in [0.05, 0.1) is 19.6 Å². The van der Waals surface area contributed by atoms with Crippen LogP contribution in [0, 0.1) is 17.3 Å². The Morgan fingerprint density at radius 1 is 1.04 bits per heavy atom. The van der Waals surface area contributed by atoms with Crippen LogP contribution in [-0.4, -0.2) is 38.2 Å². The molecule has 1 aliphatic carbocycles. The molecule has 2 atom stereocenters. The van der Waals surface area contributed by atoms with Gasteiger partial charge in [-0.3, -0.25) is 14.9 Å². The average molecular weight is 327 g/mol. The fourth-order valence-corrected chi connectivity index (χ4v) is 3.64. The van der Waals surface area contributed by atoms with Crippen molar-refractivity contribution in [3.8, 4) is 0 Å². The maximum absolute atomic E-state index is 12.3. The summed E-state index contributed by atoms with van der Waals surface area (Å²) in [7, 11) is 2.82. The number of carbonyl (C=O) groups is 2. The van der Waals surface area contributed by atoms with Crippen molar-refractivity contribution < 1.29 is 19.1 Å². The van der Waals surface area contributed by atoms with Gasteiger partial charge >= 0.3 is 11.9 Å². The smallest absolute Gasteiger partial charge is 0.323 e. The zero-order chi connectivity index (χ0) is 17.6. The first-order valence-corrected chi connectivity index (χ1v) is 8.68. The summed E-state index contributed by atoms with van der Waals surface area (Å²) in [6.07, 6.45) is 5.73. The van der Waals surface area contributed by atoms with Gasteiger partial charge in [-0.2, -0.15) is 0 Å². The highest BCUT2D eigenvalue weighted by Gasteiger charge is 2.44. The molecule has 0 aromatic carbocycles. The van der Waals surface area contributed by atoms with Gasteiger partial charge in [-0.15, -0.1) is 0 Å². The summed E-state index contributed by atoms with van der Waals surface area (Å²) in [6.45, 7) is 7.77. The van der Waals surface area contributed by atoms with Gasteiger partial charge in [-0.1, -0.05) is 33.1 Å². The van der Waals surface area contributed by atoms with Crippen LogP contribution in [0.3, 0.4) is 0 Å². The number of ether oxygens (including phenoxy) is 2. The van der Waals surface area contributed by atoms with E-state index in [9.17, 15) is 9.59 Å². The molecule has 0 spiro atoms. The van der Waals surface area contributed by atoms with Crippen LogP contribution in [0.25, 0.3) is 0 Å². The molecule has 0 radical (unpaired) electrons. The van der Waals surface area contributed by atoms with E-state index in [-0.39, 0.29) is 23.9 Å². The number of rotatable bonds is 7. The van der Waals surface area contributed by atoms with E-state index in [1.54, 1.807) is 0 Å². The van der Waals surface area contributed by atoms with Crippen LogP contribution in [0.4, 0.5) is 0 Å². The zero-order valence-corrected chi connectivity index (χ0v) is 15.5. The minimum absolute atomic E-state index is 0.0852. The van der Waals surface area contributed by atoms with Crippen LogP contribution in [0.1, 0.15) is 59.8 Å². The maximum atomic E-state index is 12.3. The van der Waals surface area contributed by atoms with Crippen molar-refractivity contribution in [1.29, 1.82) is 0 Å². The lowest BCUT2D eigenvalue weighted by atomic mass is 9.71. The molecule has 0 heterocycles. The van der Waals surface area contributed by atoms with Crippen molar-refractivity contribution in [2.24, 2.45) is 17.3 Å². The van der Waals surface area contributed by atoms with Crippen molar-refractivity contribution in [3.05, 3.63) is 0 Å². The molecule has 0 bridgehead atoms. The minimum Gasteiger partial charge on any atom is -0.469 e. The number of hydrogen-bond acceptors (Lipinski definition) is 5. The largest absolute Gasteiger partial charge is 0.469 e. The van der Waals surface area contributed by atoms with Gasteiger partial charge in [0.2, 0.25) is 0 Å². The fraction of sp³-hybridized carbons (Fsp3) is 0.889. The van der Waals surface area contributed by atoms with Crippen LogP contribution >= 0.6 is 0 Å². The van der Waals surface area contributed by atoms with Crippen molar-refractivity contribution in [2.45, 2.75) is 71.9 Å². The Balaban J connectivity index is 3.07. The molecule has 0 saturated heterocycles. The fourth-order valence-electron chi connectivity index (χ4n) is 3.64. The molecule has 0 aromatic rings. The summed E-state index contributed by atoms with van der Waals surface area (Å²) in [5.74, 6) is -0.0693. The highest BCUT2D eigenvalue weighted by atomic mass is 16.5. The van der Waals surface area contributed by atoms with E-state index in [2.05, 4.69) is 5.32 Å². The summed E-state index contributed by atoms with van der Waals surface area (Å²) in [6, 6.07) is -0.530. The van der Waals surface area contributed by atoms with Gasteiger partial charge in [0.15, 0.2) is 0 Å². The first-order chi connectivity index (χ1) is 10.8. The summed E-state index contributed by atoms with van der Waals surface area (Å²) in [5, 5.41) is 3.45. The highest BCUT2D eigenvalue weighted by molar-refractivity contribution is 5.78. The highest BCUT2D eigenvalue weighted by Crippen LogP contribution is 2.36.